The maximum Gasteiger partial charge on any atom is 0.419 e. The first-order valence-electron chi connectivity index (χ1n) is 8.04. The summed E-state index contributed by atoms with van der Waals surface area (Å²) in [5.41, 5.74) is 1.41. The highest BCUT2D eigenvalue weighted by Crippen LogP contribution is 2.28. The van der Waals surface area contributed by atoms with Crippen molar-refractivity contribution in [3.05, 3.63) is 53.4 Å². The maximum atomic E-state index is 12.1. The Hall–Kier alpha value is -1.98. The molecule has 0 unspecified atom stereocenters. The summed E-state index contributed by atoms with van der Waals surface area (Å²) in [7, 11) is 0. The highest BCUT2D eigenvalue weighted by Gasteiger charge is 2.32. The first-order chi connectivity index (χ1) is 11.2. The van der Waals surface area contributed by atoms with E-state index in [1.807, 2.05) is 27.0 Å². The maximum absolute atomic E-state index is 12.1. The smallest absolute Gasteiger partial charge is 0.260 e. The third-order valence-electron chi connectivity index (χ3n) is 3.33. The van der Waals surface area contributed by atoms with Crippen LogP contribution in [-0.4, -0.2) is 15.0 Å². The highest BCUT2D eigenvalue weighted by molar-refractivity contribution is 5.17. The monoisotopic (exact) mass is 369 g/mol. The number of nitrogens with zero attached hydrogens (tertiary/aromatic N) is 3. The molecule has 0 atom stereocenters. The van der Waals surface area contributed by atoms with Crippen molar-refractivity contribution in [2.45, 2.75) is 72.9 Å². The molecule has 146 valence electrons. The van der Waals surface area contributed by atoms with E-state index in [1.54, 1.807) is 0 Å². The van der Waals surface area contributed by atoms with Gasteiger partial charge in [0.05, 0.1) is 5.56 Å². The minimum Gasteiger partial charge on any atom is -0.260 e. The Labute approximate surface area is 155 Å². The van der Waals surface area contributed by atoms with E-state index in [4.69, 9.17) is 0 Å². The molecular weight excluding hydrogens is 339 g/mol. The third-order valence-corrected chi connectivity index (χ3v) is 3.33. The average Bonchev–Trinajstić information content (AvgIpc) is 2.46. The zero-order valence-corrected chi connectivity index (χ0v) is 15.9. The molecule has 0 bridgehead atoms. The Bertz CT molecular complexity index is 629. The molecule has 2 heterocycles. The van der Waals surface area contributed by atoms with Gasteiger partial charge in [-0.05, 0) is 18.6 Å². The summed E-state index contributed by atoms with van der Waals surface area (Å²) in [5.74, 6) is 0.408. The number of aromatic nitrogens is 3. The zero-order chi connectivity index (χ0) is 19.5. The number of halogens is 3. The van der Waals surface area contributed by atoms with Crippen molar-refractivity contribution in [2.75, 3.05) is 0 Å². The van der Waals surface area contributed by atoms with Crippen molar-refractivity contribution >= 4 is 0 Å². The Morgan fingerprint density at radius 1 is 0.731 bits per heavy atom. The van der Waals surface area contributed by atoms with Gasteiger partial charge in [0.25, 0.3) is 0 Å². The molecule has 2 aromatic heterocycles. The van der Waals surface area contributed by atoms with Gasteiger partial charge in [-0.25, -0.2) is 9.97 Å². The quantitative estimate of drug-likeness (QED) is 0.562. The van der Waals surface area contributed by atoms with Crippen LogP contribution in [0.25, 0.3) is 0 Å². The Kier molecular flexibility index (Phi) is 7.95. The van der Waals surface area contributed by atoms with Gasteiger partial charge in [-0.2, -0.15) is 13.2 Å². The Balaban J connectivity index is 0.000000475. The van der Waals surface area contributed by atoms with E-state index in [1.165, 1.54) is 5.56 Å². The van der Waals surface area contributed by atoms with E-state index in [0.29, 0.717) is 5.82 Å². The molecule has 0 N–H and O–H groups in total. The van der Waals surface area contributed by atoms with Crippen LogP contribution in [0.2, 0.25) is 0 Å². The van der Waals surface area contributed by atoms with Gasteiger partial charge in [0.2, 0.25) is 0 Å². The molecule has 0 saturated heterocycles. The normalized spacial score (nSPS) is 11.9. The summed E-state index contributed by atoms with van der Waals surface area (Å²) in [4.78, 5) is 11.7. The topological polar surface area (TPSA) is 38.7 Å². The van der Waals surface area contributed by atoms with Gasteiger partial charge in [-0.3, -0.25) is 4.98 Å². The van der Waals surface area contributed by atoms with Crippen molar-refractivity contribution < 1.29 is 13.2 Å². The second-order valence-electron chi connectivity index (χ2n) is 8.01. The molecule has 2 rings (SSSR count). The highest BCUT2D eigenvalue weighted by atomic mass is 19.4. The molecule has 0 aliphatic carbocycles. The Morgan fingerprint density at radius 2 is 1.23 bits per heavy atom. The second kappa shape index (κ2) is 8.60. The minimum atomic E-state index is -4.36. The molecule has 6 heteroatoms. The van der Waals surface area contributed by atoms with E-state index >= 15 is 0 Å². The fraction of sp³-hybridized carbons (Fsp3) is 0.550. The average molecular weight is 369 g/mol. The molecule has 0 aliphatic heterocycles. The molecule has 26 heavy (non-hydrogen) atoms. The molecule has 0 fully saturated rings. The van der Waals surface area contributed by atoms with Crippen LogP contribution in [0.5, 0.6) is 0 Å². The number of hydrogen-bond acceptors (Lipinski definition) is 3. The summed E-state index contributed by atoms with van der Waals surface area (Å²) in [5, 5.41) is 0. The number of hydrogen-bond donors (Lipinski definition) is 0. The van der Waals surface area contributed by atoms with Gasteiger partial charge >= 0.3 is 6.18 Å². The van der Waals surface area contributed by atoms with E-state index in [9.17, 15) is 13.2 Å². The molecule has 0 aliphatic rings. The van der Waals surface area contributed by atoms with Crippen LogP contribution in [-0.2, 0) is 17.0 Å². The predicted octanol–water partition coefficient (Wildman–Crippen LogP) is 6.12. The molecular formula is C20H30F3N3. The van der Waals surface area contributed by atoms with Crippen molar-refractivity contribution in [1.82, 2.24) is 15.0 Å². The van der Waals surface area contributed by atoms with Gasteiger partial charge in [-0.15, -0.1) is 0 Å². The lowest BCUT2D eigenvalue weighted by atomic mass is 9.91. The fourth-order valence-corrected chi connectivity index (χ4v) is 1.77. The van der Waals surface area contributed by atoms with E-state index < -0.39 is 11.7 Å². The van der Waals surface area contributed by atoms with Gasteiger partial charge in [0.1, 0.15) is 5.82 Å². The van der Waals surface area contributed by atoms with E-state index in [2.05, 4.69) is 54.8 Å². The zero-order valence-electron chi connectivity index (χ0n) is 15.9. The first kappa shape index (κ1) is 24.0. The van der Waals surface area contributed by atoms with Crippen LogP contribution in [0.3, 0.4) is 0 Å². The summed E-state index contributed by atoms with van der Waals surface area (Å²) in [6.07, 6.45) is -0.821. The minimum absolute atomic E-state index is 0. The van der Waals surface area contributed by atoms with Crippen molar-refractivity contribution in [1.29, 1.82) is 0 Å². The lowest BCUT2D eigenvalue weighted by Gasteiger charge is -2.16. The van der Waals surface area contributed by atoms with Gasteiger partial charge < -0.3 is 0 Å². The molecule has 0 saturated carbocycles. The number of alkyl halides is 3. The van der Waals surface area contributed by atoms with Crippen LogP contribution < -0.4 is 0 Å². The lowest BCUT2D eigenvalue weighted by Crippen LogP contribution is -2.17. The largest absolute Gasteiger partial charge is 0.419 e. The summed E-state index contributed by atoms with van der Waals surface area (Å²) >= 11 is 0. The lowest BCUT2D eigenvalue weighted by molar-refractivity contribution is -0.138. The number of rotatable bonds is 0. The number of pyridine rings is 1. The third kappa shape index (κ3) is 7.50. The predicted molar refractivity (Wildman–Crippen MR) is 100 cm³/mol. The standard InChI is InChI=1S/C10H15N.C9H11F3N2.CH4/c1-8-5-6-9(11-7-8)10(2,3)4;1-8(2,3)7-13-4-6(5-14-7)9(10,11)12;/h5-7H,1-4H3;4-5H,1-3H3;1H4. The van der Waals surface area contributed by atoms with E-state index in [-0.39, 0.29) is 18.3 Å². The van der Waals surface area contributed by atoms with Crippen LogP contribution in [0.1, 0.15) is 71.6 Å². The SMILES string of the molecule is C.CC(C)(C)c1ncc(C(F)(F)F)cn1.Cc1ccc(C(C)(C)C)nc1. The van der Waals surface area contributed by atoms with Crippen LogP contribution in [0.4, 0.5) is 13.2 Å². The summed E-state index contributed by atoms with van der Waals surface area (Å²) in [6.45, 7) is 14.1. The molecule has 0 amide bonds. The first-order valence-corrected chi connectivity index (χ1v) is 8.04. The molecule has 0 aromatic carbocycles. The molecule has 0 radical (unpaired) electrons. The Morgan fingerprint density at radius 3 is 1.54 bits per heavy atom. The number of aryl methyl sites for hydroxylation is 1. The van der Waals surface area contributed by atoms with Gasteiger partial charge in [0, 0.05) is 35.1 Å². The van der Waals surface area contributed by atoms with Gasteiger partial charge in [-0.1, -0.05) is 55.0 Å². The van der Waals surface area contributed by atoms with E-state index in [0.717, 1.165) is 18.1 Å². The van der Waals surface area contributed by atoms with Crippen LogP contribution >= 0.6 is 0 Å². The van der Waals surface area contributed by atoms with Crippen LogP contribution in [0.15, 0.2) is 30.7 Å². The van der Waals surface area contributed by atoms with Crippen molar-refractivity contribution in [3.63, 3.8) is 0 Å². The summed E-state index contributed by atoms with van der Waals surface area (Å²) < 4.78 is 36.4. The van der Waals surface area contributed by atoms with Crippen molar-refractivity contribution in [3.8, 4) is 0 Å². The van der Waals surface area contributed by atoms with Gasteiger partial charge in [0.15, 0.2) is 0 Å². The van der Waals surface area contributed by atoms with Crippen molar-refractivity contribution in [2.24, 2.45) is 0 Å². The summed E-state index contributed by atoms with van der Waals surface area (Å²) in [6, 6.07) is 4.20. The fourth-order valence-electron chi connectivity index (χ4n) is 1.77. The molecule has 2 aromatic rings. The van der Waals surface area contributed by atoms with Crippen LogP contribution in [0, 0.1) is 6.92 Å². The second-order valence-corrected chi connectivity index (χ2v) is 8.01. The molecule has 3 nitrogen and oxygen atoms in total. The molecule has 0 spiro atoms.